The predicted octanol–water partition coefficient (Wildman–Crippen LogP) is 2.00. The lowest BCUT2D eigenvalue weighted by molar-refractivity contribution is 0.584. The molecule has 0 unspecified atom stereocenters. The quantitative estimate of drug-likeness (QED) is 0.778. The molecule has 0 saturated heterocycles. The Labute approximate surface area is 84.6 Å². The fourth-order valence-electron chi connectivity index (χ4n) is 1.17. The van der Waals surface area contributed by atoms with E-state index in [1.165, 1.54) is 12.4 Å². The Hall–Kier alpha value is -2.04. The third-order valence-corrected chi connectivity index (χ3v) is 1.79. The third-order valence-electron chi connectivity index (χ3n) is 1.79. The van der Waals surface area contributed by atoms with Crippen LogP contribution >= 0.6 is 0 Å². The number of nitrogens with two attached hydrogens (primary N) is 1. The van der Waals surface area contributed by atoms with Crippen LogP contribution in [0.3, 0.4) is 0 Å². The minimum absolute atomic E-state index is 0.239. The summed E-state index contributed by atoms with van der Waals surface area (Å²) in [5.41, 5.74) is 6.07. The smallest absolute Gasteiger partial charge is 0.159 e. The molecular formula is C10H7F2N3. The zero-order chi connectivity index (χ0) is 10.8. The van der Waals surface area contributed by atoms with E-state index in [-0.39, 0.29) is 11.4 Å². The molecule has 0 aliphatic heterocycles. The van der Waals surface area contributed by atoms with Crippen LogP contribution in [-0.4, -0.2) is 9.97 Å². The molecule has 5 heteroatoms. The average molecular weight is 207 g/mol. The highest BCUT2D eigenvalue weighted by Crippen LogP contribution is 2.17. The number of nitrogen functional groups attached to an aromatic ring is 1. The van der Waals surface area contributed by atoms with Gasteiger partial charge in [-0.05, 0) is 12.1 Å². The Balaban J connectivity index is 2.49. The molecule has 1 heterocycles. The maximum atomic E-state index is 12.9. The fraction of sp³-hybridized carbons (Fsp3) is 0. The zero-order valence-electron chi connectivity index (χ0n) is 7.61. The van der Waals surface area contributed by atoms with Crippen LogP contribution in [-0.2, 0) is 0 Å². The van der Waals surface area contributed by atoms with Gasteiger partial charge in [-0.2, -0.15) is 0 Å². The van der Waals surface area contributed by atoms with Gasteiger partial charge in [-0.15, -0.1) is 0 Å². The summed E-state index contributed by atoms with van der Waals surface area (Å²) in [5.74, 6) is -1.08. The summed E-state index contributed by atoms with van der Waals surface area (Å²) in [7, 11) is 0. The first-order chi connectivity index (χ1) is 7.15. The van der Waals surface area contributed by atoms with Crippen molar-refractivity contribution in [2.75, 3.05) is 5.73 Å². The van der Waals surface area contributed by atoms with Gasteiger partial charge in [-0.3, -0.25) is 0 Å². The van der Waals surface area contributed by atoms with Crippen molar-refractivity contribution in [3.63, 3.8) is 0 Å². The molecule has 15 heavy (non-hydrogen) atoms. The molecule has 0 radical (unpaired) electrons. The second kappa shape index (κ2) is 3.61. The highest BCUT2D eigenvalue weighted by Gasteiger charge is 2.05. The van der Waals surface area contributed by atoms with Gasteiger partial charge in [-0.1, -0.05) is 0 Å². The Morgan fingerprint density at radius 1 is 0.933 bits per heavy atom. The number of benzene rings is 1. The van der Waals surface area contributed by atoms with Gasteiger partial charge in [-0.25, -0.2) is 18.7 Å². The van der Waals surface area contributed by atoms with Gasteiger partial charge in [0.2, 0.25) is 0 Å². The van der Waals surface area contributed by atoms with E-state index < -0.39 is 11.6 Å². The molecule has 2 aromatic rings. The van der Waals surface area contributed by atoms with Crippen LogP contribution in [0.25, 0.3) is 11.4 Å². The molecule has 76 valence electrons. The highest BCUT2D eigenvalue weighted by atomic mass is 19.1. The Morgan fingerprint density at radius 2 is 1.47 bits per heavy atom. The molecule has 0 fully saturated rings. The van der Waals surface area contributed by atoms with E-state index in [1.807, 2.05) is 0 Å². The van der Waals surface area contributed by atoms with E-state index in [2.05, 4.69) is 9.97 Å². The number of rotatable bonds is 1. The van der Waals surface area contributed by atoms with Crippen molar-refractivity contribution in [1.82, 2.24) is 9.97 Å². The van der Waals surface area contributed by atoms with Crippen LogP contribution in [0.2, 0.25) is 0 Å². The largest absolute Gasteiger partial charge is 0.396 e. The predicted molar refractivity (Wildman–Crippen MR) is 51.8 cm³/mol. The summed E-state index contributed by atoms with van der Waals surface area (Å²) in [4.78, 5) is 7.72. The summed E-state index contributed by atoms with van der Waals surface area (Å²) < 4.78 is 25.7. The molecule has 2 rings (SSSR count). The summed E-state index contributed by atoms with van der Waals surface area (Å²) in [6.45, 7) is 0. The van der Waals surface area contributed by atoms with Gasteiger partial charge in [0.1, 0.15) is 11.6 Å². The summed E-state index contributed by atoms with van der Waals surface area (Å²) in [6.07, 6.45) is 2.76. The highest BCUT2D eigenvalue weighted by molar-refractivity contribution is 5.55. The van der Waals surface area contributed by atoms with E-state index in [4.69, 9.17) is 5.73 Å². The number of hydrogen-bond donors (Lipinski definition) is 1. The van der Waals surface area contributed by atoms with Crippen LogP contribution in [0, 0.1) is 11.6 Å². The second-order valence-corrected chi connectivity index (χ2v) is 3.00. The van der Waals surface area contributed by atoms with Crippen molar-refractivity contribution in [3.05, 3.63) is 42.2 Å². The average Bonchev–Trinajstić information content (AvgIpc) is 2.17. The van der Waals surface area contributed by atoms with Gasteiger partial charge in [0.25, 0.3) is 0 Å². The van der Waals surface area contributed by atoms with Gasteiger partial charge in [0.05, 0.1) is 18.1 Å². The lowest BCUT2D eigenvalue weighted by atomic mass is 10.2. The topological polar surface area (TPSA) is 51.8 Å². The molecule has 0 aliphatic carbocycles. The lowest BCUT2D eigenvalue weighted by Crippen LogP contribution is -1.93. The lowest BCUT2D eigenvalue weighted by Gasteiger charge is -2.00. The summed E-state index contributed by atoms with van der Waals surface area (Å²) in [5, 5.41) is 0. The fourth-order valence-corrected chi connectivity index (χ4v) is 1.17. The molecule has 0 saturated carbocycles. The zero-order valence-corrected chi connectivity index (χ0v) is 7.61. The Bertz CT molecular complexity index is 462. The van der Waals surface area contributed by atoms with Crippen LogP contribution in [0.4, 0.5) is 14.5 Å². The van der Waals surface area contributed by atoms with Crippen molar-refractivity contribution in [2.24, 2.45) is 0 Å². The molecule has 0 aliphatic rings. The second-order valence-electron chi connectivity index (χ2n) is 3.00. The van der Waals surface area contributed by atoms with Crippen LogP contribution in [0.5, 0.6) is 0 Å². The Kier molecular flexibility index (Phi) is 2.29. The first-order valence-electron chi connectivity index (χ1n) is 4.19. The number of aromatic nitrogens is 2. The normalized spacial score (nSPS) is 10.3. The molecule has 2 N–H and O–H groups in total. The van der Waals surface area contributed by atoms with E-state index in [0.29, 0.717) is 5.69 Å². The molecule has 0 amide bonds. The molecule has 1 aromatic heterocycles. The third kappa shape index (κ3) is 2.07. The summed E-state index contributed by atoms with van der Waals surface area (Å²) in [6, 6.07) is 3.12. The minimum Gasteiger partial charge on any atom is -0.396 e. The van der Waals surface area contributed by atoms with Crippen molar-refractivity contribution in [3.8, 4) is 11.4 Å². The molecule has 3 nitrogen and oxygen atoms in total. The van der Waals surface area contributed by atoms with E-state index in [0.717, 1.165) is 18.2 Å². The number of nitrogens with zero attached hydrogens (tertiary/aromatic N) is 2. The summed E-state index contributed by atoms with van der Waals surface area (Å²) >= 11 is 0. The first-order valence-corrected chi connectivity index (χ1v) is 4.19. The maximum Gasteiger partial charge on any atom is 0.159 e. The molecule has 0 bridgehead atoms. The monoisotopic (exact) mass is 207 g/mol. The number of hydrogen-bond acceptors (Lipinski definition) is 3. The standard InChI is InChI=1S/C10H7F2N3/c11-7-1-6(2-8(12)3-7)10-14-4-9(13)5-15-10/h1-5H,13H2. The van der Waals surface area contributed by atoms with Crippen LogP contribution < -0.4 is 5.73 Å². The van der Waals surface area contributed by atoms with Crippen molar-refractivity contribution in [2.45, 2.75) is 0 Å². The SMILES string of the molecule is Nc1cnc(-c2cc(F)cc(F)c2)nc1. The molecule has 0 spiro atoms. The van der Waals surface area contributed by atoms with Gasteiger partial charge < -0.3 is 5.73 Å². The molecule has 1 aromatic carbocycles. The Morgan fingerprint density at radius 3 is 2.00 bits per heavy atom. The minimum atomic E-state index is -0.662. The van der Waals surface area contributed by atoms with Gasteiger partial charge in [0.15, 0.2) is 5.82 Å². The van der Waals surface area contributed by atoms with Gasteiger partial charge >= 0.3 is 0 Å². The maximum absolute atomic E-state index is 12.9. The van der Waals surface area contributed by atoms with Crippen molar-refractivity contribution >= 4 is 5.69 Å². The van der Waals surface area contributed by atoms with Crippen LogP contribution in [0.1, 0.15) is 0 Å². The van der Waals surface area contributed by atoms with Gasteiger partial charge in [0, 0.05) is 11.6 Å². The molecular weight excluding hydrogens is 200 g/mol. The van der Waals surface area contributed by atoms with E-state index in [9.17, 15) is 8.78 Å². The van der Waals surface area contributed by atoms with Crippen molar-refractivity contribution < 1.29 is 8.78 Å². The first kappa shape index (κ1) is 9.51. The molecule has 0 atom stereocenters. The van der Waals surface area contributed by atoms with Crippen LogP contribution in [0.15, 0.2) is 30.6 Å². The van der Waals surface area contributed by atoms with Crippen molar-refractivity contribution in [1.29, 1.82) is 0 Å². The number of halogens is 2. The van der Waals surface area contributed by atoms with E-state index in [1.54, 1.807) is 0 Å². The van der Waals surface area contributed by atoms with E-state index >= 15 is 0 Å². The number of anilines is 1.